The van der Waals surface area contributed by atoms with Gasteiger partial charge in [-0.1, -0.05) is 23.8 Å². The molecule has 84 valence electrons. The molecule has 1 aliphatic rings. The van der Waals surface area contributed by atoms with Crippen LogP contribution in [0.25, 0.3) is 0 Å². The van der Waals surface area contributed by atoms with Gasteiger partial charge in [0.1, 0.15) is 0 Å². The van der Waals surface area contributed by atoms with E-state index in [9.17, 15) is 10.1 Å². The standard InChI is InChI=1S/C12H13NO3/c1-9-5-6-16-12(7-9)10-3-2-4-11(8-10)13(14)15/h2-5,8,12H,6-7H2,1H3/t12-/m1/s1. The van der Waals surface area contributed by atoms with Crippen LogP contribution in [0.2, 0.25) is 0 Å². The van der Waals surface area contributed by atoms with Crippen molar-refractivity contribution in [2.75, 3.05) is 6.61 Å². The highest BCUT2D eigenvalue weighted by Gasteiger charge is 2.18. The lowest BCUT2D eigenvalue weighted by atomic mass is 10.00. The molecule has 0 bridgehead atoms. The van der Waals surface area contributed by atoms with Crippen molar-refractivity contribution in [3.05, 3.63) is 51.6 Å². The Bertz CT molecular complexity index is 440. The van der Waals surface area contributed by atoms with Gasteiger partial charge in [0.25, 0.3) is 5.69 Å². The van der Waals surface area contributed by atoms with Gasteiger partial charge in [0.05, 0.1) is 17.6 Å². The van der Waals surface area contributed by atoms with Crippen molar-refractivity contribution in [2.45, 2.75) is 19.4 Å². The summed E-state index contributed by atoms with van der Waals surface area (Å²) < 4.78 is 5.57. The van der Waals surface area contributed by atoms with Gasteiger partial charge >= 0.3 is 0 Å². The zero-order chi connectivity index (χ0) is 11.5. The SMILES string of the molecule is CC1=CCO[C@@H](c2cccc([N+](=O)[O-])c2)C1. The van der Waals surface area contributed by atoms with Gasteiger partial charge in [-0.25, -0.2) is 0 Å². The van der Waals surface area contributed by atoms with Crippen molar-refractivity contribution in [2.24, 2.45) is 0 Å². The maximum absolute atomic E-state index is 10.7. The number of nitro benzene ring substituents is 1. The molecule has 2 rings (SSSR count). The molecule has 1 aromatic carbocycles. The second-order valence-corrected chi connectivity index (χ2v) is 3.93. The fourth-order valence-electron chi connectivity index (χ4n) is 1.79. The van der Waals surface area contributed by atoms with Crippen molar-refractivity contribution in [3.63, 3.8) is 0 Å². The first-order valence-electron chi connectivity index (χ1n) is 5.18. The normalized spacial score (nSPS) is 20.3. The number of ether oxygens (including phenoxy) is 1. The third kappa shape index (κ3) is 2.28. The third-order valence-electron chi connectivity index (χ3n) is 2.69. The van der Waals surface area contributed by atoms with E-state index in [-0.39, 0.29) is 16.7 Å². The van der Waals surface area contributed by atoms with E-state index in [0.717, 1.165) is 12.0 Å². The summed E-state index contributed by atoms with van der Waals surface area (Å²) in [6.07, 6.45) is 2.79. The fraction of sp³-hybridized carbons (Fsp3) is 0.333. The molecule has 0 unspecified atom stereocenters. The van der Waals surface area contributed by atoms with Crippen LogP contribution < -0.4 is 0 Å². The van der Waals surface area contributed by atoms with E-state index >= 15 is 0 Å². The van der Waals surface area contributed by atoms with Crippen molar-refractivity contribution in [1.29, 1.82) is 0 Å². The predicted octanol–water partition coefficient (Wildman–Crippen LogP) is 3.00. The lowest BCUT2D eigenvalue weighted by Crippen LogP contribution is -2.10. The number of rotatable bonds is 2. The first kappa shape index (κ1) is 10.8. The van der Waals surface area contributed by atoms with Crippen LogP contribution >= 0.6 is 0 Å². The zero-order valence-electron chi connectivity index (χ0n) is 9.05. The molecule has 0 spiro atoms. The van der Waals surface area contributed by atoms with E-state index < -0.39 is 0 Å². The van der Waals surface area contributed by atoms with Crippen LogP contribution in [0.4, 0.5) is 5.69 Å². The Morgan fingerprint density at radius 2 is 2.31 bits per heavy atom. The first-order valence-corrected chi connectivity index (χ1v) is 5.18. The Kier molecular flexibility index (Phi) is 3.01. The van der Waals surface area contributed by atoms with Crippen LogP contribution in [0.1, 0.15) is 25.0 Å². The third-order valence-corrected chi connectivity index (χ3v) is 2.69. The quantitative estimate of drug-likeness (QED) is 0.436. The number of benzene rings is 1. The first-order chi connectivity index (χ1) is 7.66. The van der Waals surface area contributed by atoms with Gasteiger partial charge in [0, 0.05) is 12.1 Å². The topological polar surface area (TPSA) is 52.4 Å². The number of nitrogens with zero attached hydrogens (tertiary/aromatic N) is 1. The van der Waals surface area contributed by atoms with Gasteiger partial charge in [0.15, 0.2) is 0 Å². The molecule has 1 heterocycles. The molecular weight excluding hydrogens is 206 g/mol. The molecular formula is C12H13NO3. The smallest absolute Gasteiger partial charge is 0.269 e. The highest BCUT2D eigenvalue weighted by molar-refractivity contribution is 5.36. The molecule has 0 aromatic heterocycles. The Hall–Kier alpha value is -1.68. The Labute approximate surface area is 93.7 Å². The molecule has 1 aromatic rings. The molecule has 0 aliphatic carbocycles. The summed E-state index contributed by atoms with van der Waals surface area (Å²) in [6.45, 7) is 2.63. The molecule has 0 saturated carbocycles. The van der Waals surface area contributed by atoms with E-state index in [1.807, 2.05) is 19.1 Å². The highest BCUT2D eigenvalue weighted by atomic mass is 16.6. The summed E-state index contributed by atoms with van der Waals surface area (Å²) in [7, 11) is 0. The molecule has 0 amide bonds. The molecule has 0 saturated heterocycles. The average Bonchev–Trinajstić information content (AvgIpc) is 2.29. The zero-order valence-corrected chi connectivity index (χ0v) is 9.05. The Morgan fingerprint density at radius 3 is 3.00 bits per heavy atom. The fourth-order valence-corrected chi connectivity index (χ4v) is 1.79. The summed E-state index contributed by atoms with van der Waals surface area (Å²) in [4.78, 5) is 10.3. The van der Waals surface area contributed by atoms with Gasteiger partial charge in [-0.3, -0.25) is 10.1 Å². The van der Waals surface area contributed by atoms with Crippen molar-refractivity contribution >= 4 is 5.69 Å². The second kappa shape index (κ2) is 4.45. The maximum atomic E-state index is 10.7. The predicted molar refractivity (Wildman–Crippen MR) is 60.2 cm³/mol. The average molecular weight is 219 g/mol. The Morgan fingerprint density at radius 1 is 1.50 bits per heavy atom. The lowest BCUT2D eigenvalue weighted by molar-refractivity contribution is -0.385. The van der Waals surface area contributed by atoms with Gasteiger partial charge in [-0.05, 0) is 18.9 Å². The summed E-state index contributed by atoms with van der Waals surface area (Å²) >= 11 is 0. The van der Waals surface area contributed by atoms with E-state index in [4.69, 9.17) is 4.74 Å². The van der Waals surface area contributed by atoms with E-state index in [1.165, 1.54) is 11.6 Å². The summed E-state index contributed by atoms with van der Waals surface area (Å²) in [6, 6.07) is 6.65. The van der Waals surface area contributed by atoms with Gasteiger partial charge in [-0.2, -0.15) is 0 Å². The minimum Gasteiger partial charge on any atom is -0.369 e. The summed E-state index contributed by atoms with van der Waals surface area (Å²) in [5.41, 5.74) is 2.26. The molecule has 0 radical (unpaired) electrons. The summed E-state index contributed by atoms with van der Waals surface area (Å²) in [5, 5.41) is 10.7. The summed E-state index contributed by atoms with van der Waals surface area (Å²) in [5.74, 6) is 0. The second-order valence-electron chi connectivity index (χ2n) is 3.93. The van der Waals surface area contributed by atoms with Gasteiger partial charge in [0.2, 0.25) is 0 Å². The maximum Gasteiger partial charge on any atom is 0.269 e. The van der Waals surface area contributed by atoms with Crippen LogP contribution in [0, 0.1) is 10.1 Å². The van der Waals surface area contributed by atoms with Gasteiger partial charge in [-0.15, -0.1) is 0 Å². The molecule has 1 aliphatic heterocycles. The van der Waals surface area contributed by atoms with Crippen LogP contribution in [0.5, 0.6) is 0 Å². The minimum absolute atomic E-state index is 0.0510. The lowest BCUT2D eigenvalue weighted by Gasteiger charge is -2.22. The van der Waals surface area contributed by atoms with E-state index in [2.05, 4.69) is 0 Å². The van der Waals surface area contributed by atoms with Crippen LogP contribution in [0.3, 0.4) is 0 Å². The molecule has 0 N–H and O–H groups in total. The van der Waals surface area contributed by atoms with Crippen molar-refractivity contribution < 1.29 is 9.66 Å². The number of hydrogen-bond donors (Lipinski definition) is 0. The molecule has 4 heteroatoms. The van der Waals surface area contributed by atoms with Crippen molar-refractivity contribution in [3.8, 4) is 0 Å². The number of hydrogen-bond acceptors (Lipinski definition) is 3. The van der Waals surface area contributed by atoms with Crippen LogP contribution in [-0.2, 0) is 4.74 Å². The molecule has 0 fully saturated rings. The molecule has 16 heavy (non-hydrogen) atoms. The van der Waals surface area contributed by atoms with E-state index in [0.29, 0.717) is 6.61 Å². The molecule has 4 nitrogen and oxygen atoms in total. The van der Waals surface area contributed by atoms with Crippen LogP contribution in [0.15, 0.2) is 35.9 Å². The van der Waals surface area contributed by atoms with Crippen molar-refractivity contribution in [1.82, 2.24) is 0 Å². The number of nitro groups is 1. The van der Waals surface area contributed by atoms with Gasteiger partial charge < -0.3 is 4.74 Å². The minimum atomic E-state index is -0.380. The molecule has 1 atom stereocenters. The van der Waals surface area contributed by atoms with Crippen LogP contribution in [-0.4, -0.2) is 11.5 Å². The van der Waals surface area contributed by atoms with E-state index in [1.54, 1.807) is 12.1 Å². The monoisotopic (exact) mass is 219 g/mol. The number of non-ortho nitro benzene ring substituents is 1. The largest absolute Gasteiger partial charge is 0.369 e. The Balaban J connectivity index is 2.24. The highest BCUT2D eigenvalue weighted by Crippen LogP contribution is 2.29.